The van der Waals surface area contributed by atoms with E-state index < -0.39 is 11.9 Å². The maximum Gasteiger partial charge on any atom is 0.347 e. The highest BCUT2D eigenvalue weighted by molar-refractivity contribution is 5.94. The van der Waals surface area contributed by atoms with Crippen molar-refractivity contribution in [2.45, 2.75) is 0 Å². The van der Waals surface area contributed by atoms with Crippen LogP contribution in [0.15, 0.2) is 48.5 Å². The summed E-state index contributed by atoms with van der Waals surface area (Å²) < 4.78 is 20.2. The van der Waals surface area contributed by atoms with Crippen LogP contribution in [0, 0.1) is 0 Å². The van der Waals surface area contributed by atoms with E-state index in [0.717, 1.165) is 0 Å². The third-order valence-electron chi connectivity index (χ3n) is 3.15. The summed E-state index contributed by atoms with van der Waals surface area (Å²) >= 11 is 0. The Hall–Kier alpha value is -2.86. The van der Waals surface area contributed by atoms with E-state index in [9.17, 15) is 9.59 Å². The fourth-order valence-electron chi connectivity index (χ4n) is 1.94. The number of hydrogen-bond donors (Lipinski definition) is 0. The summed E-state index contributed by atoms with van der Waals surface area (Å²) in [6.07, 6.45) is 0. The zero-order valence-corrected chi connectivity index (χ0v) is 13.5. The van der Waals surface area contributed by atoms with E-state index in [-0.39, 0.29) is 6.61 Å². The van der Waals surface area contributed by atoms with Gasteiger partial charge in [-0.25, -0.2) is 9.59 Å². The van der Waals surface area contributed by atoms with E-state index in [1.807, 2.05) is 0 Å². The molecule has 6 heteroatoms. The molecule has 2 rings (SSSR count). The first kappa shape index (κ1) is 17.5. The lowest BCUT2D eigenvalue weighted by Crippen LogP contribution is -2.11. The molecule has 0 fully saturated rings. The topological polar surface area (TPSA) is 71.1 Å². The molecule has 2 aromatic rings. The van der Waals surface area contributed by atoms with Crippen molar-refractivity contribution >= 4 is 11.9 Å². The molecule has 0 N–H and O–H groups in total. The van der Waals surface area contributed by atoms with Gasteiger partial charge in [0.2, 0.25) is 0 Å². The predicted molar refractivity (Wildman–Crippen MR) is 86.6 cm³/mol. The molecule has 0 heterocycles. The van der Waals surface area contributed by atoms with Crippen molar-refractivity contribution < 1.29 is 28.5 Å². The van der Waals surface area contributed by atoms with E-state index in [1.54, 1.807) is 24.3 Å². The van der Waals surface area contributed by atoms with Gasteiger partial charge in [0.15, 0.2) is 0 Å². The maximum atomic E-state index is 12.2. The van der Waals surface area contributed by atoms with E-state index in [1.165, 1.54) is 38.5 Å². The number of rotatable bonds is 7. The van der Waals surface area contributed by atoms with Crippen LogP contribution in [0.2, 0.25) is 0 Å². The number of esters is 2. The number of benzene rings is 2. The van der Waals surface area contributed by atoms with Crippen molar-refractivity contribution in [3.05, 3.63) is 59.7 Å². The van der Waals surface area contributed by atoms with Crippen LogP contribution in [0.1, 0.15) is 20.7 Å². The van der Waals surface area contributed by atoms with Crippen molar-refractivity contribution in [3.63, 3.8) is 0 Å². The van der Waals surface area contributed by atoms with Crippen molar-refractivity contribution in [3.8, 4) is 11.5 Å². The standard InChI is InChI=1S/C18H18O6/c1-21-11-12-23-17(19)13-7-9-14(10-8-13)24-18(20)15-5-3-4-6-16(15)22-2/h3-10H,11-12H2,1-2H3. The second-order valence-corrected chi connectivity index (χ2v) is 4.74. The van der Waals surface area contributed by atoms with Gasteiger partial charge in [-0.15, -0.1) is 0 Å². The summed E-state index contributed by atoms with van der Waals surface area (Å²) in [5.41, 5.74) is 0.686. The second-order valence-electron chi connectivity index (χ2n) is 4.74. The average molecular weight is 330 g/mol. The quantitative estimate of drug-likeness (QED) is 0.442. The molecule has 0 saturated carbocycles. The molecule has 0 radical (unpaired) electrons. The summed E-state index contributed by atoms with van der Waals surface area (Å²) in [7, 11) is 3.01. The first-order valence-corrected chi connectivity index (χ1v) is 7.27. The first-order chi connectivity index (χ1) is 11.7. The van der Waals surface area contributed by atoms with Gasteiger partial charge in [0.05, 0.1) is 19.3 Å². The van der Waals surface area contributed by atoms with E-state index in [2.05, 4.69) is 0 Å². The number of ether oxygens (including phenoxy) is 4. The largest absolute Gasteiger partial charge is 0.496 e. The van der Waals surface area contributed by atoms with Gasteiger partial charge >= 0.3 is 11.9 Å². The van der Waals surface area contributed by atoms with Gasteiger partial charge in [-0.2, -0.15) is 0 Å². The highest BCUT2D eigenvalue weighted by Crippen LogP contribution is 2.20. The van der Waals surface area contributed by atoms with Crippen molar-refractivity contribution in [2.24, 2.45) is 0 Å². The highest BCUT2D eigenvalue weighted by atomic mass is 16.6. The molecular formula is C18H18O6. The van der Waals surface area contributed by atoms with Crippen LogP contribution in [0.25, 0.3) is 0 Å². The first-order valence-electron chi connectivity index (χ1n) is 7.27. The number of carbonyl (C=O) groups is 2. The van der Waals surface area contributed by atoms with Gasteiger partial charge in [0, 0.05) is 7.11 Å². The Kier molecular flexibility index (Phi) is 6.33. The van der Waals surface area contributed by atoms with Crippen molar-refractivity contribution in [1.29, 1.82) is 0 Å². The van der Waals surface area contributed by atoms with Gasteiger partial charge in [-0.3, -0.25) is 0 Å². The summed E-state index contributed by atoms with van der Waals surface area (Å²) in [5, 5.41) is 0. The van der Waals surface area contributed by atoms with Gasteiger partial charge in [0.25, 0.3) is 0 Å². The Balaban J connectivity index is 2.01. The average Bonchev–Trinajstić information content (AvgIpc) is 2.62. The van der Waals surface area contributed by atoms with Crippen LogP contribution < -0.4 is 9.47 Å². The normalized spacial score (nSPS) is 10.1. The second kappa shape index (κ2) is 8.69. The van der Waals surface area contributed by atoms with Crippen molar-refractivity contribution in [2.75, 3.05) is 27.4 Å². The van der Waals surface area contributed by atoms with Crippen LogP contribution in [0.5, 0.6) is 11.5 Å². The molecule has 0 atom stereocenters. The van der Waals surface area contributed by atoms with Crippen LogP contribution >= 0.6 is 0 Å². The highest BCUT2D eigenvalue weighted by Gasteiger charge is 2.14. The molecule has 0 aliphatic heterocycles. The van der Waals surface area contributed by atoms with Crippen LogP contribution in [-0.2, 0) is 9.47 Å². The molecule has 0 unspecified atom stereocenters. The fourth-order valence-corrected chi connectivity index (χ4v) is 1.94. The van der Waals surface area contributed by atoms with E-state index >= 15 is 0 Å². The van der Waals surface area contributed by atoms with Gasteiger partial charge in [-0.1, -0.05) is 12.1 Å². The number of hydrogen-bond acceptors (Lipinski definition) is 6. The van der Waals surface area contributed by atoms with Gasteiger partial charge < -0.3 is 18.9 Å². The molecular weight excluding hydrogens is 312 g/mol. The summed E-state index contributed by atoms with van der Waals surface area (Å²) in [6, 6.07) is 12.9. The molecule has 0 spiro atoms. The predicted octanol–water partition coefficient (Wildman–Crippen LogP) is 2.72. The summed E-state index contributed by atoms with van der Waals surface area (Å²) in [4.78, 5) is 23.9. The van der Waals surface area contributed by atoms with Gasteiger partial charge in [0.1, 0.15) is 23.7 Å². The molecule has 126 valence electrons. The molecule has 0 aliphatic rings. The SMILES string of the molecule is COCCOC(=O)c1ccc(OC(=O)c2ccccc2OC)cc1. The fraction of sp³-hybridized carbons (Fsp3) is 0.222. The molecule has 0 aromatic heterocycles. The minimum Gasteiger partial charge on any atom is -0.496 e. The lowest BCUT2D eigenvalue weighted by Gasteiger charge is -2.09. The Morgan fingerprint density at radius 2 is 1.58 bits per heavy atom. The minimum atomic E-state index is -0.539. The Bertz CT molecular complexity index is 693. The molecule has 0 aliphatic carbocycles. The molecule has 6 nitrogen and oxygen atoms in total. The lowest BCUT2D eigenvalue weighted by atomic mass is 10.2. The van der Waals surface area contributed by atoms with Gasteiger partial charge in [-0.05, 0) is 36.4 Å². The van der Waals surface area contributed by atoms with E-state index in [0.29, 0.717) is 29.2 Å². The molecule has 0 bridgehead atoms. The third-order valence-corrected chi connectivity index (χ3v) is 3.15. The Morgan fingerprint density at radius 3 is 2.25 bits per heavy atom. The summed E-state index contributed by atoms with van der Waals surface area (Å²) in [6.45, 7) is 0.514. The third kappa shape index (κ3) is 4.57. The Morgan fingerprint density at radius 1 is 0.875 bits per heavy atom. The minimum absolute atomic E-state index is 0.180. The molecule has 0 amide bonds. The molecule has 24 heavy (non-hydrogen) atoms. The van der Waals surface area contributed by atoms with Crippen LogP contribution in [0.3, 0.4) is 0 Å². The van der Waals surface area contributed by atoms with Crippen LogP contribution in [-0.4, -0.2) is 39.4 Å². The molecule has 0 saturated heterocycles. The number of carbonyl (C=O) groups excluding carboxylic acids is 2. The monoisotopic (exact) mass is 330 g/mol. The van der Waals surface area contributed by atoms with E-state index in [4.69, 9.17) is 18.9 Å². The van der Waals surface area contributed by atoms with Crippen molar-refractivity contribution in [1.82, 2.24) is 0 Å². The lowest BCUT2D eigenvalue weighted by molar-refractivity contribution is 0.0388. The van der Waals surface area contributed by atoms with Crippen LogP contribution in [0.4, 0.5) is 0 Å². The Labute approximate surface area is 139 Å². The number of methoxy groups -OCH3 is 2. The maximum absolute atomic E-state index is 12.2. The molecule has 2 aromatic carbocycles. The zero-order chi connectivity index (χ0) is 17.4. The smallest absolute Gasteiger partial charge is 0.347 e. The zero-order valence-electron chi connectivity index (χ0n) is 13.5. The number of para-hydroxylation sites is 1. The summed E-state index contributed by atoms with van der Waals surface area (Å²) in [5.74, 6) is -0.252.